The highest BCUT2D eigenvalue weighted by molar-refractivity contribution is 5.93. The van der Waals surface area contributed by atoms with Crippen LogP contribution in [0.15, 0.2) is 30.5 Å². The summed E-state index contributed by atoms with van der Waals surface area (Å²) in [5.74, 6) is 0. The second kappa shape index (κ2) is 7.02. The number of hydrogen-bond donors (Lipinski definition) is 0. The molecule has 0 spiro atoms. The molecule has 2 aromatic rings. The predicted octanol–water partition coefficient (Wildman–Crippen LogP) is 3.59. The number of fused-ring (bicyclic) bond motifs is 1. The number of ether oxygens (including phenoxy) is 1. The minimum absolute atomic E-state index is 0.0381. The first-order valence-electron chi connectivity index (χ1n) is 8.93. The van der Waals surface area contributed by atoms with E-state index in [-0.39, 0.29) is 17.8 Å². The number of amides is 1. The number of nitrogens with zero attached hydrogens (tertiary/aromatic N) is 4. The zero-order valence-electron chi connectivity index (χ0n) is 16.0. The van der Waals surface area contributed by atoms with Gasteiger partial charge in [-0.05, 0) is 39.8 Å². The number of aromatic nitrogens is 1. The fourth-order valence-corrected chi connectivity index (χ4v) is 3.29. The van der Waals surface area contributed by atoms with Crippen molar-refractivity contribution in [3.8, 4) is 0 Å². The lowest BCUT2D eigenvalue weighted by Gasteiger charge is -2.41. The molecule has 0 saturated carbocycles. The lowest BCUT2D eigenvalue weighted by Crippen LogP contribution is -2.54. The minimum Gasteiger partial charge on any atom is -0.444 e. The summed E-state index contributed by atoms with van der Waals surface area (Å²) in [5, 5.41) is 11.9. The van der Waals surface area contributed by atoms with Gasteiger partial charge >= 0.3 is 6.09 Å². The Balaban J connectivity index is 1.85. The summed E-state index contributed by atoms with van der Waals surface area (Å²) >= 11 is 0. The average molecular weight is 372 g/mol. The Morgan fingerprint density at radius 3 is 2.67 bits per heavy atom. The first kappa shape index (κ1) is 18.9. The van der Waals surface area contributed by atoms with Gasteiger partial charge in [0.05, 0.1) is 10.4 Å². The van der Waals surface area contributed by atoms with Crippen molar-refractivity contribution in [2.75, 3.05) is 24.5 Å². The number of rotatable bonds is 2. The Morgan fingerprint density at radius 1 is 1.30 bits per heavy atom. The SMILES string of the molecule is CC1CN(C(=O)OC(C)(C)C)CCN1c1ccnc2ccc([N+](=O)[O-])cc12. The monoisotopic (exact) mass is 372 g/mol. The molecule has 1 unspecified atom stereocenters. The number of hydrogen-bond acceptors (Lipinski definition) is 6. The molecule has 2 heterocycles. The second-order valence-electron chi connectivity index (χ2n) is 7.76. The fourth-order valence-electron chi connectivity index (χ4n) is 3.29. The summed E-state index contributed by atoms with van der Waals surface area (Å²) in [7, 11) is 0. The van der Waals surface area contributed by atoms with Crippen LogP contribution in [0.5, 0.6) is 0 Å². The quantitative estimate of drug-likeness (QED) is 0.591. The number of anilines is 1. The molecule has 0 radical (unpaired) electrons. The van der Waals surface area contributed by atoms with E-state index in [0.29, 0.717) is 25.2 Å². The van der Waals surface area contributed by atoms with Gasteiger partial charge in [0.25, 0.3) is 5.69 Å². The summed E-state index contributed by atoms with van der Waals surface area (Å²) in [4.78, 5) is 31.3. The molecule has 1 amide bonds. The van der Waals surface area contributed by atoms with Crippen LogP contribution in [0.3, 0.4) is 0 Å². The van der Waals surface area contributed by atoms with E-state index >= 15 is 0 Å². The number of pyridine rings is 1. The van der Waals surface area contributed by atoms with E-state index in [1.165, 1.54) is 6.07 Å². The molecule has 1 saturated heterocycles. The summed E-state index contributed by atoms with van der Waals surface area (Å²) in [5.41, 5.74) is 1.11. The van der Waals surface area contributed by atoms with Crippen molar-refractivity contribution in [3.05, 3.63) is 40.6 Å². The summed E-state index contributed by atoms with van der Waals surface area (Å²) < 4.78 is 5.46. The van der Waals surface area contributed by atoms with Crippen LogP contribution in [0.1, 0.15) is 27.7 Å². The van der Waals surface area contributed by atoms with Crippen molar-refractivity contribution in [2.24, 2.45) is 0 Å². The highest BCUT2D eigenvalue weighted by Gasteiger charge is 2.30. The molecule has 1 atom stereocenters. The van der Waals surface area contributed by atoms with Crippen LogP contribution < -0.4 is 4.90 Å². The maximum Gasteiger partial charge on any atom is 0.410 e. The molecule has 8 nitrogen and oxygen atoms in total. The Labute approximate surface area is 157 Å². The molecule has 0 N–H and O–H groups in total. The lowest BCUT2D eigenvalue weighted by atomic mass is 10.1. The van der Waals surface area contributed by atoms with E-state index in [1.807, 2.05) is 33.8 Å². The van der Waals surface area contributed by atoms with Crippen LogP contribution in [0.4, 0.5) is 16.2 Å². The van der Waals surface area contributed by atoms with Crippen molar-refractivity contribution >= 4 is 28.4 Å². The zero-order chi connectivity index (χ0) is 19.8. The molecular formula is C19H24N4O4. The second-order valence-corrected chi connectivity index (χ2v) is 7.76. The highest BCUT2D eigenvalue weighted by atomic mass is 16.6. The molecule has 0 bridgehead atoms. The summed E-state index contributed by atoms with van der Waals surface area (Å²) in [6.07, 6.45) is 1.39. The van der Waals surface area contributed by atoms with Gasteiger partial charge in [0, 0.05) is 55.1 Å². The Kier molecular flexibility index (Phi) is 4.91. The van der Waals surface area contributed by atoms with E-state index in [9.17, 15) is 14.9 Å². The molecule has 144 valence electrons. The Morgan fingerprint density at radius 2 is 2.04 bits per heavy atom. The van der Waals surface area contributed by atoms with Crippen molar-refractivity contribution < 1.29 is 14.5 Å². The molecule has 3 rings (SSSR count). The number of nitro benzene ring substituents is 1. The van der Waals surface area contributed by atoms with E-state index in [4.69, 9.17) is 4.74 Å². The average Bonchev–Trinajstić information content (AvgIpc) is 2.59. The van der Waals surface area contributed by atoms with Crippen LogP contribution >= 0.6 is 0 Å². The number of benzene rings is 1. The third-order valence-electron chi connectivity index (χ3n) is 4.50. The van der Waals surface area contributed by atoms with Crippen molar-refractivity contribution in [1.82, 2.24) is 9.88 Å². The smallest absolute Gasteiger partial charge is 0.410 e. The third kappa shape index (κ3) is 4.10. The fraction of sp³-hybridized carbons (Fsp3) is 0.474. The highest BCUT2D eigenvalue weighted by Crippen LogP contribution is 2.31. The zero-order valence-corrected chi connectivity index (χ0v) is 16.0. The number of piperazine rings is 1. The van der Waals surface area contributed by atoms with Gasteiger partial charge in [-0.1, -0.05) is 0 Å². The number of nitro groups is 1. The molecule has 1 aromatic carbocycles. The van der Waals surface area contributed by atoms with Gasteiger partial charge in [-0.15, -0.1) is 0 Å². The van der Waals surface area contributed by atoms with Crippen LogP contribution in [-0.2, 0) is 4.74 Å². The van der Waals surface area contributed by atoms with Gasteiger partial charge in [-0.3, -0.25) is 15.1 Å². The van der Waals surface area contributed by atoms with Gasteiger partial charge in [0.15, 0.2) is 0 Å². The van der Waals surface area contributed by atoms with Crippen molar-refractivity contribution in [3.63, 3.8) is 0 Å². The standard InChI is InChI=1S/C19H24N4O4/c1-13-12-21(18(24)27-19(2,3)4)9-10-22(13)17-7-8-20-16-6-5-14(23(25)26)11-15(16)17/h5-8,11,13H,9-10,12H2,1-4H3. The van der Waals surface area contributed by atoms with Crippen LogP contribution in [-0.4, -0.2) is 52.2 Å². The van der Waals surface area contributed by atoms with Gasteiger partial charge in [0.1, 0.15) is 5.60 Å². The summed E-state index contributed by atoms with van der Waals surface area (Å²) in [6, 6.07) is 6.59. The predicted molar refractivity (Wildman–Crippen MR) is 103 cm³/mol. The Bertz CT molecular complexity index is 878. The Hall–Kier alpha value is -2.90. The molecule has 1 fully saturated rings. The molecule has 1 aliphatic rings. The first-order valence-corrected chi connectivity index (χ1v) is 8.93. The summed E-state index contributed by atoms with van der Waals surface area (Å²) in [6.45, 7) is 9.23. The van der Waals surface area contributed by atoms with Gasteiger partial charge in [-0.25, -0.2) is 4.79 Å². The molecule has 27 heavy (non-hydrogen) atoms. The van der Waals surface area contributed by atoms with E-state index in [0.717, 1.165) is 11.1 Å². The van der Waals surface area contributed by atoms with Gasteiger partial charge < -0.3 is 14.5 Å². The molecular weight excluding hydrogens is 348 g/mol. The number of carbonyl (C=O) groups excluding carboxylic acids is 1. The normalized spacial score (nSPS) is 17.9. The molecule has 0 aliphatic carbocycles. The van der Waals surface area contributed by atoms with Crippen molar-refractivity contribution in [1.29, 1.82) is 0 Å². The van der Waals surface area contributed by atoms with Gasteiger partial charge in [0.2, 0.25) is 0 Å². The lowest BCUT2D eigenvalue weighted by molar-refractivity contribution is -0.384. The topological polar surface area (TPSA) is 88.8 Å². The maximum absolute atomic E-state index is 12.3. The molecule has 8 heteroatoms. The van der Waals surface area contributed by atoms with E-state index < -0.39 is 10.5 Å². The van der Waals surface area contributed by atoms with Crippen LogP contribution in [0.25, 0.3) is 10.9 Å². The van der Waals surface area contributed by atoms with E-state index in [1.54, 1.807) is 23.2 Å². The first-order chi connectivity index (χ1) is 12.7. The number of carbonyl (C=O) groups is 1. The van der Waals surface area contributed by atoms with Crippen LogP contribution in [0, 0.1) is 10.1 Å². The van der Waals surface area contributed by atoms with E-state index in [2.05, 4.69) is 9.88 Å². The van der Waals surface area contributed by atoms with Crippen LogP contribution in [0.2, 0.25) is 0 Å². The van der Waals surface area contributed by atoms with Gasteiger partial charge in [-0.2, -0.15) is 0 Å². The largest absolute Gasteiger partial charge is 0.444 e. The van der Waals surface area contributed by atoms with Crippen molar-refractivity contribution in [2.45, 2.75) is 39.3 Å². The maximum atomic E-state index is 12.3. The minimum atomic E-state index is -0.530. The molecule has 1 aliphatic heterocycles. The third-order valence-corrected chi connectivity index (χ3v) is 4.50. The molecule has 1 aromatic heterocycles. The number of non-ortho nitro benzene ring substituents is 1.